The van der Waals surface area contributed by atoms with E-state index < -0.39 is 0 Å². The summed E-state index contributed by atoms with van der Waals surface area (Å²) in [6, 6.07) is 11.1. The first-order chi connectivity index (χ1) is 11.7. The first-order valence-corrected chi connectivity index (χ1v) is 9.96. The van der Waals surface area contributed by atoms with Crippen molar-refractivity contribution in [2.24, 2.45) is 5.92 Å². The van der Waals surface area contributed by atoms with Crippen molar-refractivity contribution in [3.05, 3.63) is 30.3 Å². The van der Waals surface area contributed by atoms with Crippen LogP contribution in [0.1, 0.15) is 54.4 Å². The topological polar surface area (TPSA) is 18.5 Å². The van der Waals surface area contributed by atoms with Gasteiger partial charge in [0.2, 0.25) is 0 Å². The van der Waals surface area contributed by atoms with Gasteiger partial charge in [-0.25, -0.2) is 0 Å². The maximum Gasteiger partial charge on any atom is 0.473 e. The fourth-order valence-corrected chi connectivity index (χ4v) is 5.41. The Morgan fingerprint density at radius 2 is 1.56 bits per heavy atom. The first-order valence-electron chi connectivity index (χ1n) is 9.96. The SMILES string of the molecule is CC[N+]1(c2ccccc2)CC(B2OC(C)(C)C(C)(C)O2)[C@@]1(C)C1CC1. The molecule has 3 aliphatic rings. The molecule has 3 fully saturated rings. The molecule has 1 aromatic rings. The van der Waals surface area contributed by atoms with Crippen LogP contribution >= 0.6 is 0 Å². The van der Waals surface area contributed by atoms with Crippen LogP contribution in [0, 0.1) is 5.92 Å². The van der Waals surface area contributed by atoms with Crippen LogP contribution in [-0.2, 0) is 9.31 Å². The molecule has 0 N–H and O–H groups in total. The minimum Gasteiger partial charge on any atom is -0.403 e. The van der Waals surface area contributed by atoms with E-state index >= 15 is 0 Å². The molecule has 1 aliphatic carbocycles. The molecule has 0 radical (unpaired) electrons. The Labute approximate surface area is 153 Å². The van der Waals surface area contributed by atoms with E-state index in [1.807, 2.05) is 0 Å². The lowest BCUT2D eigenvalue weighted by atomic mass is 9.51. The summed E-state index contributed by atoms with van der Waals surface area (Å²) in [6.07, 6.45) is 2.69. The Bertz CT molecular complexity index is 641. The third-order valence-electron chi connectivity index (χ3n) is 7.98. The predicted octanol–water partition coefficient (Wildman–Crippen LogP) is 4.66. The van der Waals surface area contributed by atoms with Crippen LogP contribution in [0.2, 0.25) is 5.82 Å². The highest BCUT2D eigenvalue weighted by Crippen LogP contribution is 2.63. The van der Waals surface area contributed by atoms with E-state index in [4.69, 9.17) is 9.31 Å². The van der Waals surface area contributed by atoms with Crippen molar-refractivity contribution in [3.8, 4) is 0 Å². The summed E-state index contributed by atoms with van der Waals surface area (Å²) in [5.41, 5.74) is 1.17. The summed E-state index contributed by atoms with van der Waals surface area (Å²) in [5, 5.41) is 0. The van der Waals surface area contributed by atoms with Gasteiger partial charge < -0.3 is 9.31 Å². The van der Waals surface area contributed by atoms with Crippen LogP contribution in [0.5, 0.6) is 0 Å². The van der Waals surface area contributed by atoms with E-state index in [1.165, 1.54) is 18.5 Å². The minimum atomic E-state index is -0.244. The Balaban J connectivity index is 1.69. The van der Waals surface area contributed by atoms with Gasteiger partial charge in [-0.3, -0.25) is 4.48 Å². The Kier molecular flexibility index (Phi) is 3.75. The van der Waals surface area contributed by atoms with Gasteiger partial charge in [0, 0.05) is 5.92 Å². The number of hydrogen-bond donors (Lipinski definition) is 0. The van der Waals surface area contributed by atoms with Gasteiger partial charge in [-0.1, -0.05) is 18.2 Å². The highest BCUT2D eigenvalue weighted by Gasteiger charge is 2.75. The van der Waals surface area contributed by atoms with Crippen LogP contribution in [0.3, 0.4) is 0 Å². The summed E-state index contributed by atoms with van der Waals surface area (Å²) >= 11 is 0. The molecule has 0 amide bonds. The van der Waals surface area contributed by atoms with Gasteiger partial charge in [0.1, 0.15) is 11.2 Å². The Hall–Kier alpha value is -0.835. The van der Waals surface area contributed by atoms with E-state index in [1.54, 1.807) is 0 Å². The van der Waals surface area contributed by atoms with Crippen LogP contribution in [0.15, 0.2) is 30.3 Å². The van der Waals surface area contributed by atoms with Gasteiger partial charge >= 0.3 is 7.12 Å². The third kappa shape index (κ3) is 2.23. The quantitative estimate of drug-likeness (QED) is 0.585. The van der Waals surface area contributed by atoms with E-state index in [-0.39, 0.29) is 23.9 Å². The second-order valence-corrected chi connectivity index (χ2v) is 9.53. The summed E-state index contributed by atoms with van der Waals surface area (Å²) < 4.78 is 14.0. The summed E-state index contributed by atoms with van der Waals surface area (Å²) in [4.78, 5) is 0. The van der Waals surface area contributed by atoms with Crippen LogP contribution in [-0.4, -0.2) is 36.9 Å². The molecule has 2 aliphatic heterocycles. The molecule has 3 nitrogen and oxygen atoms in total. The summed E-state index contributed by atoms with van der Waals surface area (Å²) in [7, 11) is -0.0860. The molecule has 25 heavy (non-hydrogen) atoms. The minimum absolute atomic E-state index is 0.0860. The molecule has 4 rings (SSSR count). The maximum absolute atomic E-state index is 6.48. The highest BCUT2D eigenvalue weighted by molar-refractivity contribution is 6.48. The normalized spacial score (nSPS) is 39.3. The lowest BCUT2D eigenvalue weighted by Gasteiger charge is -2.64. The number of quaternary nitrogens is 1. The van der Waals surface area contributed by atoms with Crippen molar-refractivity contribution in [2.75, 3.05) is 13.1 Å². The fraction of sp³-hybridized carbons (Fsp3) is 0.714. The van der Waals surface area contributed by atoms with Crippen molar-refractivity contribution in [1.29, 1.82) is 0 Å². The zero-order chi connectivity index (χ0) is 18.1. The van der Waals surface area contributed by atoms with Crippen LogP contribution < -0.4 is 4.48 Å². The van der Waals surface area contributed by atoms with Crippen molar-refractivity contribution in [2.45, 2.75) is 76.9 Å². The van der Waals surface area contributed by atoms with Crippen molar-refractivity contribution in [1.82, 2.24) is 4.48 Å². The molecule has 1 aromatic carbocycles. The molecule has 2 unspecified atom stereocenters. The number of hydrogen-bond acceptors (Lipinski definition) is 2. The predicted molar refractivity (Wildman–Crippen MR) is 105 cm³/mol. The van der Waals surface area contributed by atoms with Gasteiger partial charge in [-0.2, -0.15) is 0 Å². The molecule has 136 valence electrons. The number of benzene rings is 1. The summed E-state index contributed by atoms with van der Waals surface area (Å²) in [5.74, 6) is 1.24. The number of rotatable bonds is 4. The standard InChI is InChI=1S/C21H33BNO2/c1-7-23(17-11-9-8-10-12-17)15-18(21(23,6)16-13-14-16)22-24-19(2,3)20(4,5)25-22/h8-12,16,18H,7,13-15H2,1-6H3/q+1/t18?,21-,23?/m1/s1. The molecule has 3 atom stereocenters. The van der Waals surface area contributed by atoms with Crippen molar-refractivity contribution >= 4 is 12.8 Å². The van der Waals surface area contributed by atoms with E-state index in [9.17, 15) is 0 Å². The number of para-hydroxylation sites is 1. The fourth-order valence-electron chi connectivity index (χ4n) is 5.41. The Morgan fingerprint density at radius 3 is 2.04 bits per heavy atom. The second-order valence-electron chi connectivity index (χ2n) is 9.53. The highest BCUT2D eigenvalue weighted by atomic mass is 16.7. The molecule has 1 saturated carbocycles. The molecular weight excluding hydrogens is 309 g/mol. The monoisotopic (exact) mass is 342 g/mol. The van der Waals surface area contributed by atoms with Gasteiger partial charge in [0.15, 0.2) is 0 Å². The average Bonchev–Trinajstić information content (AvgIpc) is 3.36. The van der Waals surface area contributed by atoms with E-state index in [2.05, 4.69) is 71.9 Å². The summed E-state index contributed by atoms with van der Waals surface area (Å²) in [6.45, 7) is 15.8. The van der Waals surface area contributed by atoms with Gasteiger partial charge in [-0.15, -0.1) is 0 Å². The van der Waals surface area contributed by atoms with Gasteiger partial charge in [0.05, 0.1) is 30.1 Å². The zero-order valence-corrected chi connectivity index (χ0v) is 16.7. The lowest BCUT2D eigenvalue weighted by molar-refractivity contribution is -0.0194. The van der Waals surface area contributed by atoms with Gasteiger partial charge in [-0.05, 0) is 66.5 Å². The van der Waals surface area contributed by atoms with Crippen LogP contribution in [0.4, 0.5) is 5.69 Å². The first kappa shape index (κ1) is 17.6. The molecule has 4 heteroatoms. The van der Waals surface area contributed by atoms with E-state index in [0.29, 0.717) is 5.82 Å². The van der Waals surface area contributed by atoms with Gasteiger partial charge in [0.25, 0.3) is 0 Å². The molecule has 0 spiro atoms. The maximum atomic E-state index is 6.48. The largest absolute Gasteiger partial charge is 0.473 e. The zero-order valence-electron chi connectivity index (χ0n) is 16.7. The van der Waals surface area contributed by atoms with Crippen molar-refractivity contribution < 1.29 is 9.31 Å². The molecule has 2 heterocycles. The molecule has 0 aromatic heterocycles. The Morgan fingerprint density at radius 1 is 1.00 bits per heavy atom. The number of nitrogens with zero attached hydrogens (tertiary/aromatic N) is 1. The molecule has 0 bridgehead atoms. The molecular formula is C21H33BNO2+. The molecule has 2 saturated heterocycles. The average molecular weight is 342 g/mol. The van der Waals surface area contributed by atoms with E-state index in [0.717, 1.165) is 23.5 Å². The second kappa shape index (κ2) is 5.34. The third-order valence-corrected chi connectivity index (χ3v) is 7.98. The van der Waals surface area contributed by atoms with Crippen LogP contribution in [0.25, 0.3) is 0 Å². The van der Waals surface area contributed by atoms with Crippen molar-refractivity contribution in [3.63, 3.8) is 0 Å². The smallest absolute Gasteiger partial charge is 0.403 e. The lowest BCUT2D eigenvalue weighted by Crippen LogP contribution is -2.81. The number of likely N-dealkylation sites (tertiary alicyclic amines) is 1.